The van der Waals surface area contributed by atoms with Gasteiger partial charge in [-0.15, -0.1) is 0 Å². The zero-order chi connectivity index (χ0) is 18.2. The molecule has 0 aliphatic carbocycles. The number of nitrogens with zero attached hydrogens (tertiary/aromatic N) is 2. The highest BCUT2D eigenvalue weighted by Crippen LogP contribution is 2.14. The Labute approximate surface area is 152 Å². The number of carbonyl (C=O) groups is 1. The number of hydrogen-bond acceptors (Lipinski definition) is 5. The third kappa shape index (κ3) is 5.04. The van der Waals surface area contributed by atoms with E-state index >= 15 is 0 Å². The molecule has 6 nitrogen and oxygen atoms in total. The minimum Gasteiger partial charge on any atom is -0.497 e. The SMILES string of the molecule is COc1ccc(CC(=O)Nc2ccc(NCc3cccnc3)nc2)cc1. The van der Waals surface area contributed by atoms with Crippen LogP contribution in [0.2, 0.25) is 0 Å². The fourth-order valence-corrected chi connectivity index (χ4v) is 2.40. The molecule has 0 aliphatic rings. The molecule has 0 fully saturated rings. The van der Waals surface area contributed by atoms with E-state index in [1.165, 1.54) is 0 Å². The van der Waals surface area contributed by atoms with Gasteiger partial charge in [-0.2, -0.15) is 0 Å². The van der Waals surface area contributed by atoms with E-state index in [-0.39, 0.29) is 5.91 Å². The molecule has 6 heteroatoms. The summed E-state index contributed by atoms with van der Waals surface area (Å²) in [4.78, 5) is 20.5. The number of ether oxygens (including phenoxy) is 1. The molecular formula is C20H20N4O2. The standard InChI is InChI=1S/C20H20N4O2/c1-26-18-7-4-15(5-8-18)11-20(25)24-17-6-9-19(23-14-17)22-13-16-3-2-10-21-12-16/h2-10,12,14H,11,13H2,1H3,(H,22,23)(H,24,25). The minimum absolute atomic E-state index is 0.0898. The Bertz CT molecular complexity index is 834. The van der Waals surface area contributed by atoms with Crippen LogP contribution in [0.15, 0.2) is 67.1 Å². The second-order valence-corrected chi connectivity index (χ2v) is 5.72. The largest absolute Gasteiger partial charge is 0.497 e. The monoisotopic (exact) mass is 348 g/mol. The minimum atomic E-state index is -0.0898. The number of benzene rings is 1. The molecule has 0 spiro atoms. The van der Waals surface area contributed by atoms with Crippen LogP contribution in [0.3, 0.4) is 0 Å². The van der Waals surface area contributed by atoms with Crippen LogP contribution in [0, 0.1) is 0 Å². The summed E-state index contributed by atoms with van der Waals surface area (Å²) in [5, 5.41) is 6.07. The van der Waals surface area contributed by atoms with Gasteiger partial charge in [-0.25, -0.2) is 4.98 Å². The molecule has 0 aliphatic heterocycles. The summed E-state index contributed by atoms with van der Waals surface area (Å²) in [7, 11) is 1.62. The quantitative estimate of drug-likeness (QED) is 0.685. The van der Waals surface area contributed by atoms with Gasteiger partial charge < -0.3 is 15.4 Å². The fourth-order valence-electron chi connectivity index (χ4n) is 2.40. The molecule has 2 aromatic heterocycles. The first-order valence-corrected chi connectivity index (χ1v) is 8.24. The molecule has 0 saturated carbocycles. The lowest BCUT2D eigenvalue weighted by Gasteiger charge is -2.08. The normalized spacial score (nSPS) is 10.2. The number of amides is 1. The van der Waals surface area contributed by atoms with E-state index in [0.717, 1.165) is 22.7 Å². The Morgan fingerprint density at radius 2 is 1.88 bits per heavy atom. The predicted molar refractivity (Wildman–Crippen MR) is 101 cm³/mol. The van der Waals surface area contributed by atoms with E-state index in [1.54, 1.807) is 25.7 Å². The number of anilines is 2. The van der Waals surface area contributed by atoms with Gasteiger partial charge >= 0.3 is 0 Å². The number of hydrogen-bond donors (Lipinski definition) is 2. The molecule has 2 N–H and O–H groups in total. The number of nitrogens with one attached hydrogen (secondary N) is 2. The molecular weight excluding hydrogens is 328 g/mol. The third-order valence-corrected chi connectivity index (χ3v) is 3.77. The summed E-state index contributed by atoms with van der Waals surface area (Å²) in [5.41, 5.74) is 2.66. The number of carbonyl (C=O) groups excluding carboxylic acids is 1. The van der Waals surface area contributed by atoms with Crippen molar-refractivity contribution in [3.05, 3.63) is 78.2 Å². The van der Waals surface area contributed by atoms with Crippen molar-refractivity contribution in [2.45, 2.75) is 13.0 Å². The lowest BCUT2D eigenvalue weighted by atomic mass is 10.1. The summed E-state index contributed by atoms with van der Waals surface area (Å²) >= 11 is 0. The number of pyridine rings is 2. The van der Waals surface area contributed by atoms with Crippen LogP contribution >= 0.6 is 0 Å². The van der Waals surface area contributed by atoms with Crippen LogP contribution in [-0.2, 0) is 17.8 Å². The topological polar surface area (TPSA) is 76.1 Å². The number of rotatable bonds is 7. The summed E-state index contributed by atoms with van der Waals surface area (Å²) in [6.07, 6.45) is 5.48. The molecule has 3 rings (SSSR count). The van der Waals surface area contributed by atoms with Crippen LogP contribution < -0.4 is 15.4 Å². The van der Waals surface area contributed by atoms with Gasteiger partial charge in [-0.1, -0.05) is 18.2 Å². The molecule has 3 aromatic rings. The van der Waals surface area contributed by atoms with Gasteiger partial charge in [0, 0.05) is 18.9 Å². The zero-order valence-corrected chi connectivity index (χ0v) is 14.5. The summed E-state index contributed by atoms with van der Waals surface area (Å²) in [5.74, 6) is 1.42. The van der Waals surface area contributed by atoms with Crippen molar-refractivity contribution < 1.29 is 9.53 Å². The van der Waals surface area contributed by atoms with Gasteiger partial charge in [0.05, 0.1) is 25.4 Å². The van der Waals surface area contributed by atoms with Crippen LogP contribution in [0.25, 0.3) is 0 Å². The summed E-state index contributed by atoms with van der Waals surface area (Å²) in [6, 6.07) is 15.0. The van der Waals surface area contributed by atoms with E-state index in [4.69, 9.17) is 4.74 Å². The maximum atomic E-state index is 12.1. The fraction of sp³-hybridized carbons (Fsp3) is 0.150. The summed E-state index contributed by atoms with van der Waals surface area (Å²) in [6.45, 7) is 0.643. The van der Waals surface area contributed by atoms with Crippen molar-refractivity contribution in [2.75, 3.05) is 17.7 Å². The van der Waals surface area contributed by atoms with Crippen molar-refractivity contribution in [3.8, 4) is 5.75 Å². The lowest BCUT2D eigenvalue weighted by Crippen LogP contribution is -2.14. The van der Waals surface area contributed by atoms with E-state index in [1.807, 2.05) is 48.5 Å². The molecule has 1 amide bonds. The molecule has 0 radical (unpaired) electrons. The smallest absolute Gasteiger partial charge is 0.228 e. The molecule has 132 valence electrons. The average Bonchev–Trinajstić information content (AvgIpc) is 2.69. The maximum absolute atomic E-state index is 12.1. The van der Waals surface area contributed by atoms with E-state index in [9.17, 15) is 4.79 Å². The molecule has 0 saturated heterocycles. The van der Waals surface area contributed by atoms with Crippen molar-refractivity contribution >= 4 is 17.4 Å². The van der Waals surface area contributed by atoms with Crippen LogP contribution in [0.1, 0.15) is 11.1 Å². The van der Waals surface area contributed by atoms with E-state index in [0.29, 0.717) is 18.7 Å². The lowest BCUT2D eigenvalue weighted by molar-refractivity contribution is -0.115. The number of methoxy groups -OCH3 is 1. The van der Waals surface area contributed by atoms with Crippen molar-refractivity contribution in [3.63, 3.8) is 0 Å². The van der Waals surface area contributed by atoms with Gasteiger partial charge in [-0.05, 0) is 41.5 Å². The van der Waals surface area contributed by atoms with Gasteiger partial charge in [0.1, 0.15) is 11.6 Å². The summed E-state index contributed by atoms with van der Waals surface area (Å²) < 4.78 is 5.11. The predicted octanol–water partition coefficient (Wildman–Crippen LogP) is 3.28. The van der Waals surface area contributed by atoms with Crippen LogP contribution in [-0.4, -0.2) is 23.0 Å². The van der Waals surface area contributed by atoms with Crippen molar-refractivity contribution in [2.24, 2.45) is 0 Å². The van der Waals surface area contributed by atoms with Crippen molar-refractivity contribution in [1.82, 2.24) is 9.97 Å². The van der Waals surface area contributed by atoms with Gasteiger partial charge in [0.15, 0.2) is 0 Å². The number of aromatic nitrogens is 2. The maximum Gasteiger partial charge on any atom is 0.228 e. The first-order chi connectivity index (χ1) is 12.7. The molecule has 0 unspecified atom stereocenters. The first-order valence-electron chi connectivity index (χ1n) is 8.24. The highest BCUT2D eigenvalue weighted by atomic mass is 16.5. The molecule has 0 atom stereocenters. The zero-order valence-electron chi connectivity index (χ0n) is 14.5. The van der Waals surface area contributed by atoms with Crippen molar-refractivity contribution in [1.29, 1.82) is 0 Å². The molecule has 2 heterocycles. The van der Waals surface area contributed by atoms with Crippen LogP contribution in [0.4, 0.5) is 11.5 Å². The molecule has 26 heavy (non-hydrogen) atoms. The Morgan fingerprint density at radius 1 is 1.04 bits per heavy atom. The Morgan fingerprint density at radius 3 is 2.54 bits per heavy atom. The van der Waals surface area contributed by atoms with Crippen LogP contribution in [0.5, 0.6) is 5.75 Å². The Kier molecular flexibility index (Phi) is 5.77. The van der Waals surface area contributed by atoms with E-state index < -0.39 is 0 Å². The van der Waals surface area contributed by atoms with Gasteiger partial charge in [0.25, 0.3) is 0 Å². The second kappa shape index (κ2) is 8.62. The third-order valence-electron chi connectivity index (χ3n) is 3.77. The molecule has 0 bridgehead atoms. The Hall–Kier alpha value is -3.41. The highest BCUT2D eigenvalue weighted by molar-refractivity contribution is 5.92. The van der Waals surface area contributed by atoms with Gasteiger partial charge in [0.2, 0.25) is 5.91 Å². The Balaban J connectivity index is 1.50. The first kappa shape index (κ1) is 17.4. The van der Waals surface area contributed by atoms with Gasteiger partial charge in [-0.3, -0.25) is 9.78 Å². The average molecular weight is 348 g/mol. The second-order valence-electron chi connectivity index (χ2n) is 5.72. The van der Waals surface area contributed by atoms with E-state index in [2.05, 4.69) is 20.6 Å². The highest BCUT2D eigenvalue weighted by Gasteiger charge is 2.05. The molecule has 1 aromatic carbocycles.